The van der Waals surface area contributed by atoms with Gasteiger partial charge in [-0.25, -0.2) is 0 Å². The molecule has 0 N–H and O–H groups in total. The largest absolute Gasteiger partial charge is 0.496 e. The number of hydrogen-bond donors (Lipinski definition) is 0. The molecular formula is C27H23IO6. The highest BCUT2D eigenvalue weighted by atomic mass is 127. The Morgan fingerprint density at radius 1 is 0.853 bits per heavy atom. The highest BCUT2D eigenvalue weighted by Crippen LogP contribution is 2.34. The fourth-order valence-electron chi connectivity index (χ4n) is 4.21. The number of allylic oxidation sites excluding steroid dienone is 4. The zero-order valence-corrected chi connectivity index (χ0v) is 21.1. The van der Waals surface area contributed by atoms with Crippen LogP contribution in [0, 0.1) is 0 Å². The van der Waals surface area contributed by atoms with Crippen LogP contribution in [-0.4, -0.2) is 41.3 Å². The number of methoxy groups -OCH3 is 1. The topological polar surface area (TPSA) is 86.7 Å². The zero-order chi connectivity index (χ0) is 24.4. The summed E-state index contributed by atoms with van der Waals surface area (Å²) < 4.78 is 12.2. The fraction of sp³-hybridized carbons (Fsp3) is 0.259. The molecule has 6 nitrogen and oxygen atoms in total. The highest BCUT2D eigenvalue weighted by molar-refractivity contribution is 14.1. The van der Waals surface area contributed by atoms with E-state index in [0.717, 1.165) is 17.3 Å². The second-order valence-electron chi connectivity index (χ2n) is 8.20. The van der Waals surface area contributed by atoms with E-state index in [-0.39, 0.29) is 46.2 Å². The van der Waals surface area contributed by atoms with Crippen LogP contribution in [0.25, 0.3) is 0 Å². The van der Waals surface area contributed by atoms with Crippen molar-refractivity contribution in [2.75, 3.05) is 18.1 Å². The molecule has 2 aromatic rings. The SMILES string of the molecule is COc1cccc2c1C(=O)C=C(Cc1cc(OCCCCI)c3c(c1)C(=O)C(C)=CC3=O)C2=O. The maximum absolute atomic E-state index is 13.2. The first-order chi connectivity index (χ1) is 16.3. The summed E-state index contributed by atoms with van der Waals surface area (Å²) in [5.74, 6) is -0.404. The third kappa shape index (κ3) is 4.49. The van der Waals surface area contributed by atoms with Gasteiger partial charge in [0.15, 0.2) is 23.1 Å². The number of halogens is 1. The van der Waals surface area contributed by atoms with Crippen molar-refractivity contribution in [3.8, 4) is 11.5 Å². The quantitative estimate of drug-likeness (QED) is 0.248. The summed E-state index contributed by atoms with van der Waals surface area (Å²) in [6.07, 6.45) is 4.57. The van der Waals surface area contributed by atoms with Gasteiger partial charge in [-0.2, -0.15) is 0 Å². The highest BCUT2D eigenvalue weighted by Gasteiger charge is 2.31. The average Bonchev–Trinajstić information content (AvgIpc) is 2.82. The van der Waals surface area contributed by atoms with Gasteiger partial charge in [-0.15, -0.1) is 0 Å². The van der Waals surface area contributed by atoms with Gasteiger partial charge in [0.1, 0.15) is 11.5 Å². The molecule has 7 heteroatoms. The van der Waals surface area contributed by atoms with Crippen molar-refractivity contribution in [1.29, 1.82) is 0 Å². The number of rotatable bonds is 8. The van der Waals surface area contributed by atoms with E-state index in [1.165, 1.54) is 19.3 Å². The number of carbonyl (C=O) groups is 4. The molecule has 2 aliphatic rings. The minimum Gasteiger partial charge on any atom is -0.496 e. The van der Waals surface area contributed by atoms with E-state index in [0.29, 0.717) is 40.4 Å². The zero-order valence-electron chi connectivity index (χ0n) is 18.9. The van der Waals surface area contributed by atoms with Gasteiger partial charge < -0.3 is 9.47 Å². The van der Waals surface area contributed by atoms with E-state index in [9.17, 15) is 19.2 Å². The van der Waals surface area contributed by atoms with Crippen LogP contribution < -0.4 is 9.47 Å². The number of benzene rings is 2. The average molecular weight is 570 g/mol. The van der Waals surface area contributed by atoms with Crippen molar-refractivity contribution < 1.29 is 28.7 Å². The van der Waals surface area contributed by atoms with Crippen molar-refractivity contribution in [1.82, 2.24) is 0 Å². The molecule has 0 spiro atoms. The van der Waals surface area contributed by atoms with Gasteiger partial charge in [-0.1, -0.05) is 34.7 Å². The van der Waals surface area contributed by atoms with Gasteiger partial charge in [0.05, 0.1) is 24.8 Å². The van der Waals surface area contributed by atoms with E-state index in [2.05, 4.69) is 22.6 Å². The molecule has 174 valence electrons. The number of ether oxygens (including phenoxy) is 2. The molecule has 0 amide bonds. The summed E-state index contributed by atoms with van der Waals surface area (Å²) in [4.78, 5) is 51.6. The molecule has 0 aromatic heterocycles. The molecule has 0 atom stereocenters. The summed E-state index contributed by atoms with van der Waals surface area (Å²) in [5.41, 5.74) is 2.35. The van der Waals surface area contributed by atoms with Crippen molar-refractivity contribution in [2.24, 2.45) is 0 Å². The smallest absolute Gasteiger partial charge is 0.190 e. The Morgan fingerprint density at radius 3 is 2.32 bits per heavy atom. The van der Waals surface area contributed by atoms with Crippen molar-refractivity contribution in [2.45, 2.75) is 26.2 Å². The van der Waals surface area contributed by atoms with E-state index >= 15 is 0 Å². The van der Waals surface area contributed by atoms with Gasteiger partial charge in [-0.3, -0.25) is 19.2 Å². The van der Waals surface area contributed by atoms with Crippen LogP contribution >= 0.6 is 22.6 Å². The van der Waals surface area contributed by atoms with Crippen LogP contribution in [0.4, 0.5) is 0 Å². The van der Waals surface area contributed by atoms with Crippen LogP contribution in [0.5, 0.6) is 11.5 Å². The van der Waals surface area contributed by atoms with E-state index in [1.54, 1.807) is 37.3 Å². The molecule has 0 radical (unpaired) electrons. The number of carbonyl (C=O) groups excluding carboxylic acids is 4. The standard InChI is InChI=1S/C27H23IO6/c1-15-10-20(29)25-19(26(15)31)12-16(13-23(25)34-9-4-3-8-28)11-17-14-21(30)24-18(27(17)32)6-5-7-22(24)33-2/h5-7,10,12-14H,3-4,8-9,11H2,1-2H3. The molecule has 34 heavy (non-hydrogen) atoms. The molecule has 0 aliphatic heterocycles. The second-order valence-corrected chi connectivity index (χ2v) is 9.28. The van der Waals surface area contributed by atoms with Gasteiger partial charge in [0.25, 0.3) is 0 Å². The lowest BCUT2D eigenvalue weighted by atomic mass is 9.84. The molecule has 0 fully saturated rings. The summed E-state index contributed by atoms with van der Waals surface area (Å²) in [6.45, 7) is 2.02. The summed E-state index contributed by atoms with van der Waals surface area (Å²) >= 11 is 2.29. The predicted molar refractivity (Wildman–Crippen MR) is 136 cm³/mol. The first-order valence-corrected chi connectivity index (χ1v) is 12.5. The third-order valence-corrected chi connectivity index (χ3v) is 6.64. The first kappa shape index (κ1) is 24.1. The lowest BCUT2D eigenvalue weighted by Crippen LogP contribution is -2.20. The molecule has 4 rings (SSSR count). The molecule has 0 heterocycles. The Hall–Kier alpha value is -3.07. The molecule has 0 bridgehead atoms. The Labute approximate surface area is 211 Å². The lowest BCUT2D eigenvalue weighted by Gasteiger charge is -2.20. The van der Waals surface area contributed by atoms with Crippen molar-refractivity contribution >= 4 is 45.7 Å². The molecular weight excluding hydrogens is 547 g/mol. The second kappa shape index (κ2) is 10.0. The van der Waals surface area contributed by atoms with Gasteiger partial charge in [0, 0.05) is 28.7 Å². The van der Waals surface area contributed by atoms with Crippen molar-refractivity contribution in [3.05, 3.63) is 81.4 Å². The monoisotopic (exact) mass is 570 g/mol. The fourth-order valence-corrected chi connectivity index (χ4v) is 4.75. The maximum atomic E-state index is 13.2. The molecule has 2 aromatic carbocycles. The molecule has 0 saturated carbocycles. The number of Topliss-reactive ketones (excluding diaryl/α,β-unsaturated/α-hetero) is 2. The number of hydrogen-bond acceptors (Lipinski definition) is 6. The first-order valence-electron chi connectivity index (χ1n) is 10.9. The third-order valence-electron chi connectivity index (χ3n) is 5.87. The van der Waals surface area contributed by atoms with E-state index in [1.807, 2.05) is 0 Å². The number of unbranched alkanes of at least 4 members (excludes halogenated alkanes) is 1. The maximum Gasteiger partial charge on any atom is 0.190 e. The van der Waals surface area contributed by atoms with Gasteiger partial charge in [0.2, 0.25) is 0 Å². The van der Waals surface area contributed by atoms with Crippen LogP contribution in [0.3, 0.4) is 0 Å². The predicted octanol–water partition coefficient (Wildman–Crippen LogP) is 5.16. The number of ketones is 4. The molecule has 0 unspecified atom stereocenters. The summed E-state index contributed by atoms with van der Waals surface area (Å²) in [5, 5.41) is 0. The van der Waals surface area contributed by atoms with Gasteiger partial charge >= 0.3 is 0 Å². The van der Waals surface area contributed by atoms with Crippen LogP contribution in [-0.2, 0) is 6.42 Å². The molecule has 0 saturated heterocycles. The van der Waals surface area contributed by atoms with Crippen LogP contribution in [0.2, 0.25) is 0 Å². The Balaban J connectivity index is 1.72. The van der Waals surface area contributed by atoms with Crippen LogP contribution in [0.1, 0.15) is 66.8 Å². The minimum atomic E-state index is -0.305. The minimum absolute atomic E-state index is 0.128. The number of alkyl halides is 1. The lowest BCUT2D eigenvalue weighted by molar-refractivity contribution is 0.0979. The van der Waals surface area contributed by atoms with E-state index < -0.39 is 0 Å². The Bertz CT molecular complexity index is 1280. The molecule has 2 aliphatic carbocycles. The summed E-state index contributed by atoms with van der Waals surface area (Å²) in [7, 11) is 1.45. The summed E-state index contributed by atoms with van der Waals surface area (Å²) in [6, 6.07) is 8.25. The Morgan fingerprint density at radius 2 is 1.59 bits per heavy atom. The van der Waals surface area contributed by atoms with Gasteiger partial charge in [-0.05, 0) is 60.1 Å². The number of fused-ring (bicyclic) bond motifs is 2. The van der Waals surface area contributed by atoms with E-state index in [4.69, 9.17) is 9.47 Å². The Kier molecular flexibility index (Phi) is 7.11. The van der Waals surface area contributed by atoms with Crippen LogP contribution in [0.15, 0.2) is 53.6 Å². The normalized spacial score (nSPS) is 14.9. The van der Waals surface area contributed by atoms with Crippen molar-refractivity contribution in [3.63, 3.8) is 0 Å².